The van der Waals surface area contributed by atoms with E-state index in [0.717, 1.165) is 0 Å². The molecule has 23 heavy (non-hydrogen) atoms. The molecule has 10 atom stereocenters. The molecule has 0 aromatic heterocycles. The normalized spacial score (nSPS) is 51.7. The van der Waals surface area contributed by atoms with E-state index in [1.807, 2.05) is 0 Å². The van der Waals surface area contributed by atoms with Gasteiger partial charge in [0.1, 0.15) is 48.8 Å². The zero-order chi connectivity index (χ0) is 17.3. The SMILES string of the molecule is OC[C@@H]1OC(OC2O[C@@H](CO)[C@@H](O)[C@H](O)[C@H]2O)[C@H](O)[C@@H](O)[C@@H]1O. The van der Waals surface area contributed by atoms with Crippen LogP contribution in [0.3, 0.4) is 0 Å². The Labute approximate surface area is 130 Å². The van der Waals surface area contributed by atoms with Crippen LogP contribution < -0.4 is 0 Å². The summed E-state index contributed by atoms with van der Waals surface area (Å²) in [4.78, 5) is 0. The minimum atomic E-state index is -1.72. The van der Waals surface area contributed by atoms with Crippen LogP contribution in [0.2, 0.25) is 0 Å². The largest absolute Gasteiger partial charge is 0.394 e. The van der Waals surface area contributed by atoms with Gasteiger partial charge in [0.05, 0.1) is 13.2 Å². The Bertz CT molecular complexity index is 344. The summed E-state index contributed by atoms with van der Waals surface area (Å²) in [5, 5.41) is 76.4. The molecule has 0 aromatic carbocycles. The Hall–Kier alpha value is -0.440. The smallest absolute Gasteiger partial charge is 0.189 e. The minimum absolute atomic E-state index is 0.667. The summed E-state index contributed by atoms with van der Waals surface area (Å²) in [6, 6.07) is 0. The number of aliphatic hydroxyl groups excluding tert-OH is 8. The Morgan fingerprint density at radius 1 is 0.565 bits per heavy atom. The molecule has 2 saturated heterocycles. The number of hydrogen-bond acceptors (Lipinski definition) is 11. The van der Waals surface area contributed by atoms with E-state index >= 15 is 0 Å². The van der Waals surface area contributed by atoms with Gasteiger partial charge < -0.3 is 55.1 Å². The van der Waals surface area contributed by atoms with Crippen LogP contribution in [0.1, 0.15) is 0 Å². The van der Waals surface area contributed by atoms with Gasteiger partial charge in [0, 0.05) is 0 Å². The predicted octanol–water partition coefficient (Wildman–Crippen LogP) is -5.40. The topological polar surface area (TPSA) is 190 Å². The van der Waals surface area contributed by atoms with Crippen molar-refractivity contribution in [2.24, 2.45) is 0 Å². The molecule has 2 aliphatic heterocycles. The standard InChI is InChI=1S/C12H22O11/c13-1-3-5(15)7(17)9(19)11(21-3)23-12-10(20)8(18)6(16)4(2-14)22-12/h3-20H,1-2H2/t3-,4-,5+,6+,7-,8-,9+,10+,11?,12?/m0/s1. The number of hydrogen-bond donors (Lipinski definition) is 8. The molecule has 2 aliphatic rings. The van der Waals surface area contributed by atoms with Crippen molar-refractivity contribution in [1.29, 1.82) is 0 Å². The molecule has 2 unspecified atom stereocenters. The Balaban J connectivity index is 2.07. The maximum atomic E-state index is 9.84. The van der Waals surface area contributed by atoms with Crippen molar-refractivity contribution in [2.75, 3.05) is 13.2 Å². The van der Waals surface area contributed by atoms with Gasteiger partial charge >= 0.3 is 0 Å². The summed E-state index contributed by atoms with van der Waals surface area (Å²) in [5.74, 6) is 0. The number of aliphatic hydroxyl groups is 8. The highest BCUT2D eigenvalue weighted by atomic mass is 16.8. The van der Waals surface area contributed by atoms with Crippen LogP contribution in [-0.4, -0.2) is 115 Å². The first kappa shape index (κ1) is 18.9. The first-order chi connectivity index (χ1) is 10.8. The molecular formula is C12H22O11. The fourth-order valence-electron chi connectivity index (χ4n) is 2.49. The van der Waals surface area contributed by atoms with Crippen LogP contribution in [0.15, 0.2) is 0 Å². The van der Waals surface area contributed by atoms with Gasteiger partial charge in [-0.2, -0.15) is 0 Å². The van der Waals surface area contributed by atoms with Crippen molar-refractivity contribution in [2.45, 2.75) is 61.4 Å². The Kier molecular flexibility index (Phi) is 6.27. The van der Waals surface area contributed by atoms with Crippen LogP contribution in [0, 0.1) is 0 Å². The molecule has 0 radical (unpaired) electrons. The maximum Gasteiger partial charge on any atom is 0.189 e. The third-order valence-electron chi connectivity index (χ3n) is 3.97. The third kappa shape index (κ3) is 3.65. The highest BCUT2D eigenvalue weighted by molar-refractivity contribution is 4.92. The zero-order valence-corrected chi connectivity index (χ0v) is 12.0. The monoisotopic (exact) mass is 342 g/mol. The van der Waals surface area contributed by atoms with Crippen molar-refractivity contribution >= 4 is 0 Å². The van der Waals surface area contributed by atoms with Gasteiger partial charge in [-0.25, -0.2) is 0 Å². The molecule has 8 N–H and O–H groups in total. The highest BCUT2D eigenvalue weighted by Gasteiger charge is 2.49. The maximum absolute atomic E-state index is 9.84. The molecule has 11 nitrogen and oxygen atoms in total. The van der Waals surface area contributed by atoms with Crippen LogP contribution in [0.4, 0.5) is 0 Å². The fraction of sp³-hybridized carbons (Fsp3) is 1.00. The van der Waals surface area contributed by atoms with Gasteiger partial charge in [0.25, 0.3) is 0 Å². The lowest BCUT2D eigenvalue weighted by Crippen LogP contribution is -2.63. The summed E-state index contributed by atoms with van der Waals surface area (Å²) in [6.07, 6.45) is -15.6. The van der Waals surface area contributed by atoms with E-state index in [9.17, 15) is 30.6 Å². The lowest BCUT2D eigenvalue weighted by Gasteiger charge is -2.44. The van der Waals surface area contributed by atoms with Gasteiger partial charge in [-0.1, -0.05) is 0 Å². The van der Waals surface area contributed by atoms with E-state index in [4.69, 9.17) is 24.4 Å². The van der Waals surface area contributed by atoms with Crippen LogP contribution in [-0.2, 0) is 14.2 Å². The third-order valence-corrected chi connectivity index (χ3v) is 3.97. The molecule has 2 fully saturated rings. The average Bonchev–Trinajstić information content (AvgIpc) is 2.55. The van der Waals surface area contributed by atoms with Crippen molar-refractivity contribution in [3.63, 3.8) is 0 Å². The van der Waals surface area contributed by atoms with Crippen molar-refractivity contribution in [3.05, 3.63) is 0 Å². The van der Waals surface area contributed by atoms with Gasteiger partial charge in [0.2, 0.25) is 0 Å². The lowest BCUT2D eigenvalue weighted by molar-refractivity contribution is -0.376. The number of ether oxygens (including phenoxy) is 3. The summed E-state index contributed by atoms with van der Waals surface area (Å²) in [6.45, 7) is -1.33. The molecule has 136 valence electrons. The fourth-order valence-corrected chi connectivity index (χ4v) is 2.49. The second-order valence-electron chi connectivity index (χ2n) is 5.53. The minimum Gasteiger partial charge on any atom is -0.394 e. The molecule has 0 aliphatic carbocycles. The van der Waals surface area contributed by atoms with Gasteiger partial charge in [0.15, 0.2) is 12.6 Å². The van der Waals surface area contributed by atoms with Gasteiger partial charge in [-0.05, 0) is 0 Å². The van der Waals surface area contributed by atoms with E-state index in [1.54, 1.807) is 0 Å². The summed E-state index contributed by atoms with van der Waals surface area (Å²) >= 11 is 0. The number of rotatable bonds is 4. The van der Waals surface area contributed by atoms with E-state index < -0.39 is 74.6 Å². The molecule has 2 rings (SSSR count). The second-order valence-corrected chi connectivity index (χ2v) is 5.53. The van der Waals surface area contributed by atoms with Crippen LogP contribution >= 0.6 is 0 Å². The van der Waals surface area contributed by atoms with Crippen LogP contribution in [0.5, 0.6) is 0 Å². The molecule has 0 aromatic rings. The second kappa shape index (κ2) is 7.63. The first-order valence-electron chi connectivity index (χ1n) is 7.08. The first-order valence-corrected chi connectivity index (χ1v) is 7.08. The quantitative estimate of drug-likeness (QED) is 0.243. The van der Waals surface area contributed by atoms with Crippen molar-refractivity contribution in [3.8, 4) is 0 Å². The summed E-state index contributed by atoms with van der Waals surface area (Å²) < 4.78 is 15.3. The molecular weight excluding hydrogens is 320 g/mol. The van der Waals surface area contributed by atoms with E-state index in [2.05, 4.69) is 0 Å². The summed E-state index contributed by atoms with van der Waals surface area (Å²) in [7, 11) is 0. The zero-order valence-electron chi connectivity index (χ0n) is 12.0. The molecule has 2 heterocycles. The average molecular weight is 342 g/mol. The molecule has 0 spiro atoms. The van der Waals surface area contributed by atoms with E-state index in [1.165, 1.54) is 0 Å². The lowest BCUT2D eigenvalue weighted by atomic mass is 9.98. The Morgan fingerprint density at radius 2 is 0.913 bits per heavy atom. The molecule has 0 bridgehead atoms. The van der Waals surface area contributed by atoms with Crippen molar-refractivity contribution < 1.29 is 55.1 Å². The van der Waals surface area contributed by atoms with E-state index in [0.29, 0.717) is 0 Å². The predicted molar refractivity (Wildman–Crippen MR) is 68.6 cm³/mol. The molecule has 11 heteroatoms. The van der Waals surface area contributed by atoms with Gasteiger partial charge in [-0.15, -0.1) is 0 Å². The molecule has 0 amide bonds. The van der Waals surface area contributed by atoms with Crippen LogP contribution in [0.25, 0.3) is 0 Å². The van der Waals surface area contributed by atoms with Crippen molar-refractivity contribution in [1.82, 2.24) is 0 Å². The molecule has 0 saturated carbocycles. The van der Waals surface area contributed by atoms with E-state index in [-0.39, 0.29) is 0 Å². The Morgan fingerprint density at radius 3 is 1.22 bits per heavy atom. The summed E-state index contributed by atoms with van der Waals surface area (Å²) in [5.41, 5.74) is 0. The van der Waals surface area contributed by atoms with Gasteiger partial charge in [-0.3, -0.25) is 0 Å². The highest BCUT2D eigenvalue weighted by Crippen LogP contribution is 2.27.